The third-order valence-electron chi connectivity index (χ3n) is 4.46. The highest BCUT2D eigenvalue weighted by molar-refractivity contribution is 4.85. The van der Waals surface area contributed by atoms with Crippen molar-refractivity contribution in [3.05, 3.63) is 0 Å². The highest BCUT2D eigenvalue weighted by atomic mass is 16.5. The van der Waals surface area contributed by atoms with Crippen molar-refractivity contribution in [1.29, 1.82) is 0 Å². The van der Waals surface area contributed by atoms with Gasteiger partial charge in [0.25, 0.3) is 0 Å². The van der Waals surface area contributed by atoms with Crippen molar-refractivity contribution in [3.8, 4) is 0 Å². The van der Waals surface area contributed by atoms with Crippen LogP contribution < -0.4 is 5.32 Å². The highest BCUT2D eigenvalue weighted by Crippen LogP contribution is 2.36. The lowest BCUT2D eigenvalue weighted by atomic mass is 9.77. The van der Waals surface area contributed by atoms with Gasteiger partial charge in [0.15, 0.2) is 0 Å². The average molecular weight is 257 g/mol. The Balaban J connectivity index is 2.40. The van der Waals surface area contributed by atoms with Gasteiger partial charge in [-0.15, -0.1) is 0 Å². The second-order valence-electron chi connectivity index (χ2n) is 5.73. The standard InChI is InChI=1S/C15H31NO2/c1-5-15(6-2,12-16-9-10-17-4)11-14-8-7-13(3)18-14/h13-14,16H,5-12H2,1-4H3. The Morgan fingerprint density at radius 2 is 2.00 bits per heavy atom. The molecule has 1 saturated heterocycles. The largest absolute Gasteiger partial charge is 0.383 e. The van der Waals surface area contributed by atoms with Crippen molar-refractivity contribution < 1.29 is 9.47 Å². The number of rotatable bonds is 9. The molecule has 1 N–H and O–H groups in total. The van der Waals surface area contributed by atoms with E-state index in [0.717, 1.165) is 19.7 Å². The number of nitrogens with one attached hydrogen (secondary N) is 1. The van der Waals surface area contributed by atoms with Gasteiger partial charge in [-0.25, -0.2) is 0 Å². The van der Waals surface area contributed by atoms with Gasteiger partial charge in [-0.1, -0.05) is 13.8 Å². The Morgan fingerprint density at radius 1 is 1.28 bits per heavy atom. The molecule has 3 nitrogen and oxygen atoms in total. The fourth-order valence-corrected chi connectivity index (χ4v) is 2.91. The van der Waals surface area contributed by atoms with Crippen LogP contribution >= 0.6 is 0 Å². The molecule has 3 heteroatoms. The van der Waals surface area contributed by atoms with Crippen LogP contribution in [0.1, 0.15) is 52.9 Å². The van der Waals surface area contributed by atoms with E-state index < -0.39 is 0 Å². The molecule has 2 atom stereocenters. The van der Waals surface area contributed by atoms with Crippen LogP contribution in [-0.4, -0.2) is 39.0 Å². The van der Waals surface area contributed by atoms with Crippen molar-refractivity contribution in [3.63, 3.8) is 0 Å². The van der Waals surface area contributed by atoms with E-state index in [1.165, 1.54) is 32.1 Å². The number of ether oxygens (including phenoxy) is 2. The van der Waals surface area contributed by atoms with Crippen molar-refractivity contribution in [2.24, 2.45) is 5.41 Å². The van der Waals surface area contributed by atoms with Crippen LogP contribution in [0.3, 0.4) is 0 Å². The molecule has 0 spiro atoms. The molecule has 1 aliphatic heterocycles. The number of hydrogen-bond donors (Lipinski definition) is 1. The molecule has 108 valence electrons. The van der Waals surface area contributed by atoms with E-state index in [0.29, 0.717) is 17.6 Å². The first-order valence-corrected chi connectivity index (χ1v) is 7.51. The SMILES string of the molecule is CCC(CC)(CNCCOC)CC1CCC(C)O1. The van der Waals surface area contributed by atoms with Crippen LogP contribution in [0, 0.1) is 5.41 Å². The zero-order valence-corrected chi connectivity index (χ0v) is 12.6. The van der Waals surface area contributed by atoms with Crippen LogP contribution in [0.15, 0.2) is 0 Å². The summed E-state index contributed by atoms with van der Waals surface area (Å²) in [6.07, 6.45) is 7.04. The summed E-state index contributed by atoms with van der Waals surface area (Å²) in [4.78, 5) is 0. The first-order valence-electron chi connectivity index (χ1n) is 7.51. The average Bonchev–Trinajstić information content (AvgIpc) is 2.78. The molecular formula is C15H31NO2. The van der Waals surface area contributed by atoms with Gasteiger partial charge in [0, 0.05) is 20.2 Å². The topological polar surface area (TPSA) is 30.5 Å². The Morgan fingerprint density at radius 3 is 2.50 bits per heavy atom. The minimum absolute atomic E-state index is 0.391. The maximum atomic E-state index is 6.00. The van der Waals surface area contributed by atoms with E-state index in [-0.39, 0.29) is 0 Å². The Hall–Kier alpha value is -0.120. The van der Waals surface area contributed by atoms with Crippen LogP contribution in [0.2, 0.25) is 0 Å². The highest BCUT2D eigenvalue weighted by Gasteiger charge is 2.33. The molecule has 1 heterocycles. The predicted molar refractivity (Wildman–Crippen MR) is 75.9 cm³/mol. The molecule has 0 aromatic rings. The first kappa shape index (κ1) is 15.9. The summed E-state index contributed by atoms with van der Waals surface area (Å²) in [7, 11) is 1.75. The zero-order valence-electron chi connectivity index (χ0n) is 12.6. The number of hydrogen-bond acceptors (Lipinski definition) is 3. The molecule has 0 aromatic heterocycles. The lowest BCUT2D eigenvalue weighted by molar-refractivity contribution is 0.0184. The van der Waals surface area contributed by atoms with Gasteiger partial charge in [0.1, 0.15) is 0 Å². The molecule has 2 unspecified atom stereocenters. The fourth-order valence-electron chi connectivity index (χ4n) is 2.91. The van der Waals surface area contributed by atoms with Crippen molar-refractivity contribution in [2.45, 2.75) is 65.1 Å². The predicted octanol–water partition coefficient (Wildman–Crippen LogP) is 2.99. The van der Waals surface area contributed by atoms with Crippen LogP contribution in [0.4, 0.5) is 0 Å². The van der Waals surface area contributed by atoms with E-state index >= 15 is 0 Å². The maximum absolute atomic E-state index is 6.00. The quantitative estimate of drug-likeness (QED) is 0.644. The Kier molecular flexibility index (Phi) is 7.20. The van der Waals surface area contributed by atoms with Gasteiger partial charge in [0.05, 0.1) is 18.8 Å². The van der Waals surface area contributed by atoms with Gasteiger partial charge < -0.3 is 14.8 Å². The van der Waals surface area contributed by atoms with E-state index in [1.807, 2.05) is 0 Å². The van der Waals surface area contributed by atoms with Crippen LogP contribution in [0.5, 0.6) is 0 Å². The van der Waals surface area contributed by atoms with E-state index in [2.05, 4.69) is 26.1 Å². The minimum Gasteiger partial charge on any atom is -0.383 e. The van der Waals surface area contributed by atoms with E-state index in [4.69, 9.17) is 9.47 Å². The molecule has 1 aliphatic rings. The van der Waals surface area contributed by atoms with Gasteiger partial charge >= 0.3 is 0 Å². The summed E-state index contributed by atoms with van der Waals surface area (Å²) < 4.78 is 11.1. The smallest absolute Gasteiger partial charge is 0.0587 e. The summed E-state index contributed by atoms with van der Waals surface area (Å²) in [5, 5.41) is 3.53. The molecule has 0 aromatic carbocycles. The molecule has 0 amide bonds. The first-order chi connectivity index (χ1) is 8.65. The van der Waals surface area contributed by atoms with Crippen molar-refractivity contribution in [2.75, 3.05) is 26.8 Å². The molecule has 0 aliphatic carbocycles. The van der Waals surface area contributed by atoms with Crippen LogP contribution in [0.25, 0.3) is 0 Å². The van der Waals surface area contributed by atoms with E-state index in [1.54, 1.807) is 7.11 Å². The molecule has 0 bridgehead atoms. The number of methoxy groups -OCH3 is 1. The van der Waals surface area contributed by atoms with Gasteiger partial charge in [-0.3, -0.25) is 0 Å². The molecule has 0 radical (unpaired) electrons. The Labute approximate surface area is 113 Å². The fraction of sp³-hybridized carbons (Fsp3) is 1.00. The van der Waals surface area contributed by atoms with Gasteiger partial charge in [-0.05, 0) is 44.4 Å². The van der Waals surface area contributed by atoms with Crippen molar-refractivity contribution >= 4 is 0 Å². The second kappa shape index (κ2) is 8.13. The Bertz CT molecular complexity index is 217. The molecule has 1 fully saturated rings. The van der Waals surface area contributed by atoms with Crippen LogP contribution in [-0.2, 0) is 9.47 Å². The normalized spacial score (nSPS) is 24.7. The zero-order chi connectivity index (χ0) is 13.4. The molecular weight excluding hydrogens is 226 g/mol. The summed E-state index contributed by atoms with van der Waals surface area (Å²) in [6, 6.07) is 0. The summed E-state index contributed by atoms with van der Waals surface area (Å²) >= 11 is 0. The van der Waals surface area contributed by atoms with E-state index in [9.17, 15) is 0 Å². The molecule has 18 heavy (non-hydrogen) atoms. The molecule has 1 rings (SSSR count). The maximum Gasteiger partial charge on any atom is 0.0587 e. The lowest BCUT2D eigenvalue weighted by Crippen LogP contribution is -2.37. The third kappa shape index (κ3) is 4.87. The summed E-state index contributed by atoms with van der Waals surface area (Å²) in [5.74, 6) is 0. The lowest BCUT2D eigenvalue weighted by Gasteiger charge is -2.34. The summed E-state index contributed by atoms with van der Waals surface area (Å²) in [6.45, 7) is 9.62. The van der Waals surface area contributed by atoms with Gasteiger partial charge in [0.2, 0.25) is 0 Å². The second-order valence-corrected chi connectivity index (χ2v) is 5.73. The van der Waals surface area contributed by atoms with Crippen molar-refractivity contribution in [1.82, 2.24) is 5.32 Å². The summed E-state index contributed by atoms with van der Waals surface area (Å²) in [5.41, 5.74) is 0.391. The minimum atomic E-state index is 0.391. The van der Waals surface area contributed by atoms with Gasteiger partial charge in [-0.2, -0.15) is 0 Å². The monoisotopic (exact) mass is 257 g/mol. The molecule has 0 saturated carbocycles. The third-order valence-corrected chi connectivity index (χ3v) is 4.46.